The average Bonchev–Trinajstić information content (AvgIpc) is 3.36. The number of carbonyl (C=O) groups excluding carboxylic acids is 1. The molecule has 44 heavy (non-hydrogen) atoms. The lowest BCUT2D eigenvalue weighted by molar-refractivity contribution is -0.136. The maximum atomic E-state index is 15.0. The molecule has 5 rings (SSSR count). The molecule has 0 saturated heterocycles. The van der Waals surface area contributed by atoms with Crippen LogP contribution in [0.1, 0.15) is 60.4 Å². The number of halogens is 1. The Balaban J connectivity index is 0.00000216. The molecular formula is C37H41BrNO3PS. The van der Waals surface area contributed by atoms with Crippen LogP contribution in [-0.2, 0) is 35.2 Å². The van der Waals surface area contributed by atoms with Crippen LogP contribution in [0.5, 0.6) is 11.5 Å². The number of rotatable bonds is 13. The van der Waals surface area contributed by atoms with E-state index in [1.54, 1.807) is 7.11 Å². The highest BCUT2D eigenvalue weighted by Crippen LogP contribution is 2.52. The number of benzene rings is 4. The van der Waals surface area contributed by atoms with E-state index >= 15 is 0 Å². The van der Waals surface area contributed by atoms with Gasteiger partial charge in [-0.15, -0.1) is 0 Å². The van der Waals surface area contributed by atoms with Crippen LogP contribution in [0.25, 0.3) is 11.1 Å². The second-order valence-corrected chi connectivity index (χ2v) is 11.9. The number of ether oxygens (including phenoxy) is 2. The molecule has 0 aromatic heterocycles. The van der Waals surface area contributed by atoms with Gasteiger partial charge in [-0.25, -0.2) is 0 Å². The van der Waals surface area contributed by atoms with E-state index < -0.39 is 5.41 Å². The van der Waals surface area contributed by atoms with Crippen LogP contribution in [-0.4, -0.2) is 29.8 Å². The van der Waals surface area contributed by atoms with Gasteiger partial charge in [0.2, 0.25) is 5.91 Å². The first-order valence-corrected chi connectivity index (χ1v) is 17.9. The number of amides is 1. The van der Waals surface area contributed by atoms with Crippen molar-refractivity contribution in [3.8, 4) is 22.6 Å². The Morgan fingerprint density at radius 1 is 0.909 bits per heavy atom. The van der Waals surface area contributed by atoms with E-state index in [2.05, 4.69) is 122 Å². The number of methoxy groups -OCH3 is 1. The highest BCUT2D eigenvalue weighted by molar-refractivity contribution is 9.09. The number of unbranched alkanes of at least 4 members (excludes halogenated alkanes) is 1. The zero-order valence-electron chi connectivity index (χ0n) is 25.8. The van der Waals surface area contributed by atoms with Gasteiger partial charge >= 0.3 is 0 Å². The molecule has 0 heterocycles. The van der Waals surface area contributed by atoms with Gasteiger partial charge in [0.05, 0.1) is 7.11 Å². The first-order chi connectivity index (χ1) is 21.5. The second-order valence-electron chi connectivity index (χ2n) is 11.1. The van der Waals surface area contributed by atoms with E-state index in [9.17, 15) is 4.79 Å². The third-order valence-electron chi connectivity index (χ3n) is 8.29. The van der Waals surface area contributed by atoms with Crippen LogP contribution in [0.4, 0.5) is 0 Å². The van der Waals surface area contributed by atoms with Crippen molar-refractivity contribution in [1.82, 2.24) is 4.90 Å². The van der Waals surface area contributed by atoms with Crippen molar-refractivity contribution >= 4 is 41.7 Å². The molecule has 1 amide bonds. The zero-order chi connectivity index (χ0) is 31.5. The average molecular weight is 691 g/mol. The zero-order valence-corrected chi connectivity index (χ0v) is 29.2. The van der Waals surface area contributed by atoms with Crippen molar-refractivity contribution in [2.75, 3.05) is 19.0 Å². The van der Waals surface area contributed by atoms with Crippen LogP contribution < -0.4 is 9.47 Å². The van der Waals surface area contributed by atoms with E-state index in [0.717, 1.165) is 64.8 Å². The number of hydrogen-bond donors (Lipinski definition) is 0. The summed E-state index contributed by atoms with van der Waals surface area (Å²) in [4.78, 5) is 17.0. The summed E-state index contributed by atoms with van der Waals surface area (Å²) in [6.45, 7) is 5.83. The van der Waals surface area contributed by atoms with Crippen molar-refractivity contribution in [2.45, 2.75) is 58.1 Å². The number of carbonyl (C=O) groups is 1. The molecule has 0 spiro atoms. The molecule has 0 bridgehead atoms. The van der Waals surface area contributed by atoms with E-state index in [4.69, 9.17) is 9.47 Å². The first kappa shape index (κ1) is 33.8. The van der Waals surface area contributed by atoms with Crippen LogP contribution in [0.2, 0.25) is 0 Å². The second kappa shape index (κ2) is 16.3. The van der Waals surface area contributed by atoms with Gasteiger partial charge in [0.1, 0.15) is 23.5 Å². The number of hydrogen-bond acceptors (Lipinski definition) is 4. The maximum absolute atomic E-state index is 15.0. The largest absolute Gasteiger partial charge is 0.496 e. The summed E-state index contributed by atoms with van der Waals surface area (Å²) in [5, 5.41) is 0.925. The fraction of sp³-hybridized carbons (Fsp3) is 0.324. The highest BCUT2D eigenvalue weighted by Gasteiger charge is 2.50. The van der Waals surface area contributed by atoms with Crippen molar-refractivity contribution in [2.24, 2.45) is 0 Å². The van der Waals surface area contributed by atoms with Crippen molar-refractivity contribution in [3.05, 3.63) is 119 Å². The summed E-state index contributed by atoms with van der Waals surface area (Å²) in [5.74, 6) is 1.64. The van der Waals surface area contributed by atoms with E-state index in [-0.39, 0.29) is 5.91 Å². The lowest BCUT2D eigenvalue weighted by Gasteiger charge is -2.37. The molecule has 0 unspecified atom stereocenters. The molecular weight excluding hydrogens is 649 g/mol. The van der Waals surface area contributed by atoms with Gasteiger partial charge in [0.25, 0.3) is 0 Å². The Labute approximate surface area is 278 Å². The predicted octanol–water partition coefficient (Wildman–Crippen LogP) is 9.44. The van der Waals surface area contributed by atoms with Crippen molar-refractivity contribution in [3.63, 3.8) is 0 Å². The van der Waals surface area contributed by atoms with Crippen LogP contribution in [0.15, 0.2) is 91.0 Å². The minimum Gasteiger partial charge on any atom is -0.496 e. The SMILES string of the molecule is CCCN(Cc1ccc(OCc2ccc(C)cc2)cc1OC)C(=O)C1(CCCCBr)c2ccccc2-c2ccccc21.P=S. The summed E-state index contributed by atoms with van der Waals surface area (Å²) in [6.07, 6.45) is 3.61. The molecule has 7 heteroatoms. The number of fused-ring (bicyclic) bond motifs is 3. The Kier molecular flexibility index (Phi) is 12.5. The van der Waals surface area contributed by atoms with Gasteiger partial charge in [-0.05, 0) is 74.2 Å². The predicted molar refractivity (Wildman–Crippen MR) is 190 cm³/mol. The molecule has 0 aliphatic heterocycles. The molecule has 4 aromatic rings. The molecule has 0 atom stereocenters. The van der Waals surface area contributed by atoms with Crippen LogP contribution >= 0.6 is 23.9 Å². The molecule has 4 aromatic carbocycles. The minimum absolute atomic E-state index is 0.165. The Hall–Kier alpha value is -3.05. The topological polar surface area (TPSA) is 38.8 Å². The van der Waals surface area contributed by atoms with Gasteiger partial charge in [0.15, 0.2) is 0 Å². The van der Waals surface area contributed by atoms with Gasteiger partial charge in [-0.1, -0.05) is 119 Å². The van der Waals surface area contributed by atoms with E-state index in [0.29, 0.717) is 19.7 Å². The van der Waals surface area contributed by atoms with E-state index in [1.807, 2.05) is 23.1 Å². The number of aryl methyl sites for hydroxylation is 1. The first-order valence-electron chi connectivity index (χ1n) is 15.1. The number of nitrogens with zero attached hydrogens (tertiary/aromatic N) is 1. The standard InChI is InChI=1S/C37H40BrNO3.HPS/c1-4-23-39(25-29-19-20-30(24-35(29)41-3)42-26-28-17-15-27(2)16-18-28)36(40)37(21-9-10-22-38)33-13-7-5-11-31(33)32-12-6-8-14-34(32)37;1-2/h5-8,11-20,24H,4,9-10,21-23,25-26H2,1-3H3;1H. The Bertz CT molecular complexity index is 1500. The normalized spacial score (nSPS) is 12.4. The molecule has 230 valence electrons. The summed E-state index contributed by atoms with van der Waals surface area (Å²) in [5.41, 5.74) is 7.19. The van der Waals surface area contributed by atoms with Crippen LogP contribution in [0.3, 0.4) is 0 Å². The van der Waals surface area contributed by atoms with E-state index in [1.165, 1.54) is 16.7 Å². The molecule has 4 nitrogen and oxygen atoms in total. The molecule has 0 saturated carbocycles. The molecule has 1 aliphatic rings. The lowest BCUT2D eigenvalue weighted by Crippen LogP contribution is -2.47. The van der Waals surface area contributed by atoms with Gasteiger partial charge < -0.3 is 14.4 Å². The van der Waals surface area contributed by atoms with Gasteiger partial charge in [-0.3, -0.25) is 4.79 Å². The third kappa shape index (κ3) is 7.25. The minimum atomic E-state index is -0.713. The Morgan fingerprint density at radius 2 is 1.55 bits per heavy atom. The van der Waals surface area contributed by atoms with Gasteiger partial charge in [-0.2, -0.15) is 0 Å². The molecule has 0 N–H and O–H groups in total. The lowest BCUT2D eigenvalue weighted by atomic mass is 9.73. The van der Waals surface area contributed by atoms with Crippen LogP contribution in [0, 0.1) is 6.92 Å². The monoisotopic (exact) mass is 689 g/mol. The molecule has 0 radical (unpaired) electrons. The molecule has 0 fully saturated rings. The van der Waals surface area contributed by atoms with Gasteiger partial charge in [0, 0.05) is 30.0 Å². The quantitative estimate of drug-likeness (QED) is 0.0797. The Morgan fingerprint density at radius 3 is 2.14 bits per heavy atom. The summed E-state index contributed by atoms with van der Waals surface area (Å²) in [7, 11) is 4.24. The fourth-order valence-electron chi connectivity index (χ4n) is 6.21. The third-order valence-corrected chi connectivity index (χ3v) is 8.85. The summed E-state index contributed by atoms with van der Waals surface area (Å²) >= 11 is 7.49. The smallest absolute Gasteiger partial charge is 0.238 e. The summed E-state index contributed by atoms with van der Waals surface area (Å²) in [6, 6.07) is 31.2. The number of alkyl halides is 1. The molecule has 1 aliphatic carbocycles. The van der Waals surface area contributed by atoms with Crippen molar-refractivity contribution in [1.29, 1.82) is 0 Å². The highest BCUT2D eigenvalue weighted by atomic mass is 79.9. The maximum Gasteiger partial charge on any atom is 0.238 e. The van der Waals surface area contributed by atoms with Crippen molar-refractivity contribution < 1.29 is 14.3 Å². The summed E-state index contributed by atoms with van der Waals surface area (Å²) < 4.78 is 11.9. The fourth-order valence-corrected chi connectivity index (χ4v) is 6.61.